The number of rotatable bonds is 7. The molecular formula is C9H19NO9S. The van der Waals surface area contributed by atoms with Crippen molar-refractivity contribution in [2.75, 3.05) is 26.3 Å². The molecule has 0 aromatic rings. The number of nitrogens with zero attached hydrogens (tertiary/aromatic N) is 1. The molecule has 1 rings (SSSR count). The van der Waals surface area contributed by atoms with Crippen LogP contribution in [0, 0.1) is 0 Å². The third-order valence-corrected chi connectivity index (χ3v) is 3.63. The first kappa shape index (κ1) is 17.7. The quantitative estimate of drug-likeness (QED) is 0.254. The van der Waals surface area contributed by atoms with E-state index in [2.05, 4.69) is 4.18 Å². The van der Waals surface area contributed by atoms with Crippen LogP contribution in [0.3, 0.4) is 0 Å². The second-order valence-corrected chi connectivity index (χ2v) is 5.62. The topological polar surface area (TPSA) is 168 Å². The molecule has 10 nitrogen and oxygen atoms in total. The Kier molecular flexibility index (Phi) is 6.25. The van der Waals surface area contributed by atoms with Crippen LogP contribution in [0.1, 0.15) is 0 Å². The summed E-state index contributed by atoms with van der Waals surface area (Å²) in [6.45, 7) is -1.68. The van der Waals surface area contributed by atoms with Crippen LogP contribution in [0.5, 0.6) is 0 Å². The predicted molar refractivity (Wildman–Crippen MR) is 64.0 cm³/mol. The van der Waals surface area contributed by atoms with Gasteiger partial charge in [0.25, 0.3) is 0 Å². The van der Waals surface area contributed by atoms with E-state index in [1.807, 2.05) is 0 Å². The largest absolute Gasteiger partial charge is 0.397 e. The Bertz CT molecular complexity index is 402. The number of aliphatic hydroxyl groups is 5. The minimum Gasteiger partial charge on any atom is -0.395 e. The molecule has 0 saturated carbocycles. The standard InChI is InChI=1S/C9H19NO9S/c11-3-5-9(15)7(14)2-10(5)1-6(13)8(4-12)19-20(16,17)18/h5-9,11-15H,1-4H2,(H,16,17,18)/t5-,6?,7-,8?,9-/m1/s1. The highest BCUT2D eigenvalue weighted by atomic mass is 32.3. The van der Waals surface area contributed by atoms with Crippen LogP contribution in [0.15, 0.2) is 0 Å². The molecule has 1 aliphatic heterocycles. The van der Waals surface area contributed by atoms with Crippen LogP contribution in [0.4, 0.5) is 0 Å². The predicted octanol–water partition coefficient (Wildman–Crippen LogP) is -4.07. The smallest absolute Gasteiger partial charge is 0.395 e. The molecule has 0 spiro atoms. The number of hydrogen-bond acceptors (Lipinski definition) is 9. The maximum absolute atomic E-state index is 10.5. The minimum absolute atomic E-state index is 0.0481. The summed E-state index contributed by atoms with van der Waals surface area (Å²) in [7, 11) is -4.84. The van der Waals surface area contributed by atoms with Gasteiger partial charge in [0.05, 0.1) is 37.6 Å². The summed E-state index contributed by atoms with van der Waals surface area (Å²) in [4.78, 5) is 1.33. The molecule has 0 aromatic carbocycles. The Morgan fingerprint density at radius 3 is 2.35 bits per heavy atom. The third kappa shape index (κ3) is 4.58. The molecule has 1 saturated heterocycles. The molecular weight excluding hydrogens is 298 g/mol. The van der Waals surface area contributed by atoms with Gasteiger partial charge in [0.15, 0.2) is 0 Å². The number of aliphatic hydroxyl groups excluding tert-OH is 5. The molecule has 11 heteroatoms. The number of hydrogen-bond donors (Lipinski definition) is 6. The highest BCUT2D eigenvalue weighted by molar-refractivity contribution is 7.80. The molecule has 6 N–H and O–H groups in total. The zero-order chi connectivity index (χ0) is 15.5. The summed E-state index contributed by atoms with van der Waals surface area (Å²) in [5.41, 5.74) is 0. The van der Waals surface area contributed by atoms with E-state index in [1.54, 1.807) is 0 Å². The molecule has 0 aliphatic carbocycles. The lowest BCUT2D eigenvalue weighted by molar-refractivity contribution is -0.0283. The molecule has 1 aliphatic rings. The first-order valence-corrected chi connectivity index (χ1v) is 7.21. The van der Waals surface area contributed by atoms with Crippen molar-refractivity contribution >= 4 is 10.4 Å². The van der Waals surface area contributed by atoms with Gasteiger partial charge in [0.1, 0.15) is 6.10 Å². The lowest BCUT2D eigenvalue weighted by Crippen LogP contribution is -2.47. The van der Waals surface area contributed by atoms with Crippen molar-refractivity contribution in [3.63, 3.8) is 0 Å². The Hall–Kier alpha value is -0.370. The zero-order valence-corrected chi connectivity index (χ0v) is 11.3. The average molecular weight is 317 g/mol. The van der Waals surface area contributed by atoms with Gasteiger partial charge in [-0.3, -0.25) is 9.45 Å². The summed E-state index contributed by atoms with van der Waals surface area (Å²) in [5.74, 6) is 0. The molecule has 0 radical (unpaired) electrons. The maximum Gasteiger partial charge on any atom is 0.397 e. The number of likely N-dealkylation sites (tertiary alicyclic amines) is 1. The number of β-amino-alcohol motifs (C(OH)–C–C–N with tert-alkyl or cyclic N) is 2. The molecule has 1 fully saturated rings. The molecule has 0 amide bonds. The Morgan fingerprint density at radius 1 is 1.30 bits per heavy atom. The molecule has 2 unspecified atom stereocenters. The fourth-order valence-corrected chi connectivity index (χ4v) is 2.62. The molecule has 0 aromatic heterocycles. The van der Waals surface area contributed by atoms with E-state index in [-0.39, 0.29) is 13.1 Å². The second kappa shape index (κ2) is 7.06. The van der Waals surface area contributed by atoms with Crippen LogP contribution < -0.4 is 0 Å². The van der Waals surface area contributed by atoms with Gasteiger partial charge in [-0.05, 0) is 0 Å². The average Bonchev–Trinajstić information content (AvgIpc) is 2.60. The zero-order valence-electron chi connectivity index (χ0n) is 10.5. The van der Waals surface area contributed by atoms with Crippen molar-refractivity contribution in [1.29, 1.82) is 0 Å². The third-order valence-electron chi connectivity index (χ3n) is 3.14. The monoisotopic (exact) mass is 317 g/mol. The fraction of sp³-hybridized carbons (Fsp3) is 1.00. The maximum atomic E-state index is 10.5. The van der Waals surface area contributed by atoms with E-state index < -0.39 is 54.1 Å². The first-order chi connectivity index (χ1) is 9.19. The summed E-state index contributed by atoms with van der Waals surface area (Å²) < 4.78 is 33.7. The van der Waals surface area contributed by atoms with Gasteiger partial charge in [-0.2, -0.15) is 8.42 Å². The van der Waals surface area contributed by atoms with E-state index in [4.69, 9.17) is 14.8 Å². The van der Waals surface area contributed by atoms with E-state index in [0.717, 1.165) is 0 Å². The molecule has 0 bridgehead atoms. The van der Waals surface area contributed by atoms with E-state index in [1.165, 1.54) is 4.90 Å². The first-order valence-electron chi connectivity index (χ1n) is 5.85. The molecule has 120 valence electrons. The van der Waals surface area contributed by atoms with E-state index >= 15 is 0 Å². The van der Waals surface area contributed by atoms with Crippen molar-refractivity contribution < 1.29 is 42.7 Å². The summed E-state index contributed by atoms with van der Waals surface area (Å²) in [6, 6.07) is -0.829. The Labute approximate surface area is 115 Å². The van der Waals surface area contributed by atoms with Crippen LogP contribution in [0.25, 0.3) is 0 Å². The van der Waals surface area contributed by atoms with Crippen molar-refractivity contribution in [3.8, 4) is 0 Å². The van der Waals surface area contributed by atoms with Gasteiger partial charge >= 0.3 is 10.4 Å². The van der Waals surface area contributed by atoms with Gasteiger partial charge < -0.3 is 25.5 Å². The summed E-state index contributed by atoms with van der Waals surface area (Å²) in [5, 5.41) is 46.9. The molecule has 1 heterocycles. The molecule has 5 atom stereocenters. The van der Waals surface area contributed by atoms with Gasteiger partial charge in [-0.25, -0.2) is 4.18 Å². The van der Waals surface area contributed by atoms with Crippen molar-refractivity contribution in [1.82, 2.24) is 4.90 Å². The van der Waals surface area contributed by atoms with Crippen molar-refractivity contribution in [2.24, 2.45) is 0 Å². The fourth-order valence-electron chi connectivity index (χ4n) is 2.12. The lowest BCUT2D eigenvalue weighted by atomic mass is 10.1. The van der Waals surface area contributed by atoms with Crippen LogP contribution >= 0.6 is 0 Å². The SMILES string of the molecule is O=S(=O)(O)OC(CO)C(O)CN1C[C@@H](O)[C@H](O)[C@H]1CO. The Morgan fingerprint density at radius 2 is 1.90 bits per heavy atom. The van der Waals surface area contributed by atoms with Crippen LogP contribution in [-0.4, -0.2) is 100 Å². The highest BCUT2D eigenvalue weighted by Gasteiger charge is 2.41. The lowest BCUT2D eigenvalue weighted by Gasteiger charge is -2.28. The van der Waals surface area contributed by atoms with Crippen LogP contribution in [0.2, 0.25) is 0 Å². The van der Waals surface area contributed by atoms with Gasteiger partial charge in [0.2, 0.25) is 0 Å². The van der Waals surface area contributed by atoms with E-state index in [0.29, 0.717) is 0 Å². The summed E-state index contributed by atoms with van der Waals surface area (Å²) >= 11 is 0. The van der Waals surface area contributed by atoms with E-state index in [9.17, 15) is 23.7 Å². The highest BCUT2D eigenvalue weighted by Crippen LogP contribution is 2.19. The normalized spacial score (nSPS) is 31.4. The minimum atomic E-state index is -4.84. The molecule has 20 heavy (non-hydrogen) atoms. The van der Waals surface area contributed by atoms with Gasteiger partial charge in [-0.15, -0.1) is 0 Å². The second-order valence-electron chi connectivity index (χ2n) is 4.57. The Balaban J connectivity index is 2.66. The van der Waals surface area contributed by atoms with Gasteiger partial charge in [0, 0.05) is 13.1 Å². The van der Waals surface area contributed by atoms with Crippen molar-refractivity contribution in [2.45, 2.75) is 30.5 Å². The van der Waals surface area contributed by atoms with Gasteiger partial charge in [-0.1, -0.05) is 0 Å². The van der Waals surface area contributed by atoms with Crippen molar-refractivity contribution in [3.05, 3.63) is 0 Å². The van der Waals surface area contributed by atoms with Crippen LogP contribution in [-0.2, 0) is 14.6 Å². The summed E-state index contributed by atoms with van der Waals surface area (Å²) in [6.07, 6.45) is -5.44.